The molecular formula is C23H30N2O3. The Balaban J connectivity index is 1.36. The highest BCUT2D eigenvalue weighted by Gasteiger charge is 2.22. The highest BCUT2D eigenvalue weighted by atomic mass is 16.5. The van der Waals surface area contributed by atoms with E-state index in [0.29, 0.717) is 19.8 Å². The van der Waals surface area contributed by atoms with Crippen LogP contribution in [-0.2, 0) is 0 Å². The fourth-order valence-corrected chi connectivity index (χ4v) is 3.97. The molecule has 5 heteroatoms. The Labute approximate surface area is 167 Å². The van der Waals surface area contributed by atoms with Crippen molar-refractivity contribution in [3.8, 4) is 11.5 Å². The zero-order valence-corrected chi connectivity index (χ0v) is 16.9. The number of hydrogen-bond acceptors (Lipinski definition) is 5. The summed E-state index contributed by atoms with van der Waals surface area (Å²) in [6.07, 6.45) is 0.362. The van der Waals surface area contributed by atoms with Crippen LogP contribution >= 0.6 is 0 Å². The molecule has 0 aromatic heterocycles. The molecular weight excluding hydrogens is 352 g/mol. The highest BCUT2D eigenvalue weighted by molar-refractivity contribution is 5.55. The Hall–Kier alpha value is -2.24. The van der Waals surface area contributed by atoms with Crippen LogP contribution in [0.5, 0.6) is 11.5 Å². The number of anilines is 1. The van der Waals surface area contributed by atoms with E-state index in [0.717, 1.165) is 49.7 Å². The lowest BCUT2D eigenvalue weighted by atomic mass is 10.1. The summed E-state index contributed by atoms with van der Waals surface area (Å²) in [5.74, 6) is 1.52. The van der Waals surface area contributed by atoms with Crippen LogP contribution in [0.2, 0.25) is 0 Å². The first-order valence-corrected chi connectivity index (χ1v) is 10.2. The molecule has 0 spiro atoms. The molecule has 1 fully saturated rings. The van der Waals surface area contributed by atoms with Gasteiger partial charge in [-0.15, -0.1) is 0 Å². The molecule has 2 heterocycles. The fourth-order valence-electron chi connectivity index (χ4n) is 3.97. The van der Waals surface area contributed by atoms with Gasteiger partial charge in [0.25, 0.3) is 0 Å². The molecule has 0 bridgehead atoms. The van der Waals surface area contributed by atoms with Crippen molar-refractivity contribution in [2.24, 2.45) is 0 Å². The molecule has 28 heavy (non-hydrogen) atoms. The van der Waals surface area contributed by atoms with Crippen LogP contribution in [0.1, 0.15) is 29.2 Å². The fraction of sp³-hybridized carbons (Fsp3) is 0.478. The summed E-state index contributed by atoms with van der Waals surface area (Å²) >= 11 is 0. The number of rotatable bonds is 4. The molecule has 2 aromatic carbocycles. The number of aryl methyl sites for hydroxylation is 2. The van der Waals surface area contributed by atoms with Gasteiger partial charge in [-0.05, 0) is 48.7 Å². The van der Waals surface area contributed by atoms with E-state index in [2.05, 4.69) is 41.8 Å². The van der Waals surface area contributed by atoms with Crippen LogP contribution < -0.4 is 14.4 Å². The number of β-amino-alcohol motifs (C(OH)–C–C–N with tert-alkyl or cyclic N) is 1. The molecule has 0 amide bonds. The summed E-state index contributed by atoms with van der Waals surface area (Å²) in [5, 5.41) is 10.8. The van der Waals surface area contributed by atoms with Gasteiger partial charge >= 0.3 is 0 Å². The third-order valence-electron chi connectivity index (χ3n) is 5.67. The predicted molar refractivity (Wildman–Crippen MR) is 112 cm³/mol. The minimum Gasteiger partial charge on any atom is -0.490 e. The molecule has 2 aliphatic heterocycles. The van der Waals surface area contributed by atoms with Crippen LogP contribution in [0.15, 0.2) is 36.4 Å². The maximum absolute atomic E-state index is 10.8. The van der Waals surface area contributed by atoms with Gasteiger partial charge in [0.05, 0.1) is 19.3 Å². The smallest absolute Gasteiger partial charge is 0.161 e. The summed E-state index contributed by atoms with van der Waals surface area (Å²) < 4.78 is 11.4. The van der Waals surface area contributed by atoms with E-state index in [-0.39, 0.29) is 0 Å². The SMILES string of the molecule is Cc1ccc(C)c(N2CCN(CC(O)c3ccc4c(c3)OCCCO4)CC2)c1. The molecule has 1 unspecified atom stereocenters. The Morgan fingerprint density at radius 1 is 0.929 bits per heavy atom. The minimum atomic E-state index is -0.524. The van der Waals surface area contributed by atoms with Gasteiger partial charge in [0, 0.05) is 44.8 Å². The van der Waals surface area contributed by atoms with Crippen molar-refractivity contribution in [3.63, 3.8) is 0 Å². The lowest BCUT2D eigenvalue weighted by molar-refractivity contribution is 0.109. The second-order valence-electron chi connectivity index (χ2n) is 7.85. The van der Waals surface area contributed by atoms with Gasteiger partial charge in [0.15, 0.2) is 11.5 Å². The van der Waals surface area contributed by atoms with Crippen molar-refractivity contribution >= 4 is 5.69 Å². The monoisotopic (exact) mass is 382 g/mol. The summed E-state index contributed by atoms with van der Waals surface area (Å²) in [4.78, 5) is 4.80. The molecule has 0 aliphatic carbocycles. The summed E-state index contributed by atoms with van der Waals surface area (Å²) in [6, 6.07) is 12.4. The number of hydrogen-bond donors (Lipinski definition) is 1. The van der Waals surface area contributed by atoms with Crippen LogP contribution in [-0.4, -0.2) is 55.9 Å². The first kappa shape index (κ1) is 19.1. The molecule has 4 rings (SSSR count). The maximum Gasteiger partial charge on any atom is 0.161 e. The molecule has 0 saturated carbocycles. The molecule has 5 nitrogen and oxygen atoms in total. The largest absolute Gasteiger partial charge is 0.490 e. The summed E-state index contributed by atoms with van der Waals surface area (Å²) in [6.45, 7) is 10.2. The average molecular weight is 383 g/mol. The number of ether oxygens (including phenoxy) is 2. The number of aliphatic hydroxyl groups is 1. The van der Waals surface area contributed by atoms with E-state index in [1.807, 2.05) is 18.2 Å². The van der Waals surface area contributed by atoms with Crippen molar-refractivity contribution in [2.45, 2.75) is 26.4 Å². The molecule has 2 aromatic rings. The second-order valence-corrected chi connectivity index (χ2v) is 7.85. The van der Waals surface area contributed by atoms with Crippen molar-refractivity contribution in [2.75, 3.05) is 50.8 Å². The van der Waals surface area contributed by atoms with Gasteiger partial charge in [0.2, 0.25) is 0 Å². The van der Waals surface area contributed by atoms with E-state index >= 15 is 0 Å². The Kier molecular flexibility index (Phi) is 5.74. The van der Waals surface area contributed by atoms with Crippen molar-refractivity contribution in [1.82, 2.24) is 4.90 Å². The van der Waals surface area contributed by atoms with Crippen LogP contribution in [0.4, 0.5) is 5.69 Å². The highest BCUT2D eigenvalue weighted by Crippen LogP contribution is 2.32. The number of benzene rings is 2. The molecule has 150 valence electrons. The standard InChI is InChI=1S/C23H30N2O3/c1-17-4-5-18(2)20(14-17)25-10-8-24(9-11-25)16-21(26)19-6-7-22-23(15-19)28-13-3-12-27-22/h4-7,14-15,21,26H,3,8-13,16H2,1-2H3. The van der Waals surface area contributed by atoms with Gasteiger partial charge in [-0.3, -0.25) is 4.90 Å². The van der Waals surface area contributed by atoms with E-state index in [1.165, 1.54) is 16.8 Å². The average Bonchev–Trinajstić information content (AvgIpc) is 2.95. The van der Waals surface area contributed by atoms with E-state index < -0.39 is 6.10 Å². The zero-order chi connectivity index (χ0) is 19.5. The van der Waals surface area contributed by atoms with Gasteiger partial charge < -0.3 is 19.5 Å². The molecule has 1 N–H and O–H groups in total. The lowest BCUT2D eigenvalue weighted by Gasteiger charge is -2.37. The number of piperazine rings is 1. The summed E-state index contributed by atoms with van der Waals surface area (Å²) in [5.41, 5.74) is 4.85. The Morgan fingerprint density at radius 3 is 2.46 bits per heavy atom. The topological polar surface area (TPSA) is 45.2 Å². The third kappa shape index (κ3) is 4.26. The van der Waals surface area contributed by atoms with Crippen molar-refractivity contribution in [3.05, 3.63) is 53.1 Å². The van der Waals surface area contributed by atoms with E-state index in [1.54, 1.807) is 0 Å². The van der Waals surface area contributed by atoms with Gasteiger partial charge in [-0.25, -0.2) is 0 Å². The number of nitrogens with zero attached hydrogens (tertiary/aromatic N) is 2. The summed E-state index contributed by atoms with van der Waals surface area (Å²) in [7, 11) is 0. The van der Waals surface area contributed by atoms with Gasteiger partial charge in [0.1, 0.15) is 0 Å². The molecule has 2 aliphatic rings. The molecule has 0 radical (unpaired) electrons. The van der Waals surface area contributed by atoms with Gasteiger partial charge in [-0.1, -0.05) is 18.2 Å². The number of aliphatic hydroxyl groups excluding tert-OH is 1. The van der Waals surface area contributed by atoms with Crippen LogP contribution in [0, 0.1) is 13.8 Å². The van der Waals surface area contributed by atoms with Crippen LogP contribution in [0.25, 0.3) is 0 Å². The van der Waals surface area contributed by atoms with Crippen molar-refractivity contribution < 1.29 is 14.6 Å². The normalized spacial score (nSPS) is 18.6. The maximum atomic E-state index is 10.8. The number of fused-ring (bicyclic) bond motifs is 1. The lowest BCUT2D eigenvalue weighted by Crippen LogP contribution is -2.47. The van der Waals surface area contributed by atoms with E-state index in [9.17, 15) is 5.11 Å². The quantitative estimate of drug-likeness (QED) is 0.879. The Morgan fingerprint density at radius 2 is 1.68 bits per heavy atom. The predicted octanol–water partition coefficient (Wildman–Crippen LogP) is 3.32. The first-order chi connectivity index (χ1) is 13.6. The van der Waals surface area contributed by atoms with Crippen molar-refractivity contribution in [1.29, 1.82) is 0 Å². The molecule has 1 atom stereocenters. The van der Waals surface area contributed by atoms with E-state index in [4.69, 9.17) is 9.47 Å². The Bertz CT molecular complexity index is 815. The minimum absolute atomic E-state index is 0.524. The van der Waals surface area contributed by atoms with Crippen LogP contribution in [0.3, 0.4) is 0 Å². The zero-order valence-electron chi connectivity index (χ0n) is 16.9. The van der Waals surface area contributed by atoms with Gasteiger partial charge in [-0.2, -0.15) is 0 Å². The first-order valence-electron chi connectivity index (χ1n) is 10.2. The third-order valence-corrected chi connectivity index (χ3v) is 5.67. The molecule has 1 saturated heterocycles. The second kappa shape index (κ2) is 8.41.